The minimum atomic E-state index is -0.469. The van der Waals surface area contributed by atoms with Crippen molar-refractivity contribution in [2.24, 2.45) is 0 Å². The van der Waals surface area contributed by atoms with Crippen LogP contribution >= 0.6 is 0 Å². The van der Waals surface area contributed by atoms with Gasteiger partial charge in [0.2, 0.25) is 0 Å². The van der Waals surface area contributed by atoms with Crippen molar-refractivity contribution in [3.63, 3.8) is 0 Å². The van der Waals surface area contributed by atoms with Crippen LogP contribution in [0.3, 0.4) is 0 Å². The molecular weight excluding hydrogens is 426 g/mol. The van der Waals surface area contributed by atoms with E-state index in [4.69, 9.17) is 0 Å². The van der Waals surface area contributed by atoms with Crippen LogP contribution in [0.5, 0.6) is 0 Å². The van der Waals surface area contributed by atoms with Gasteiger partial charge in [0, 0.05) is 43.5 Å². The number of piperidine rings is 2. The number of halogens is 2. The second kappa shape index (κ2) is 10.5. The maximum absolute atomic E-state index is 13.9. The van der Waals surface area contributed by atoms with E-state index in [0.717, 1.165) is 23.4 Å². The Kier molecular flexibility index (Phi) is 7.22. The number of para-hydroxylation sites is 1. The Balaban J connectivity index is 1.21. The largest absolute Gasteiger partial charge is 0.335 e. The van der Waals surface area contributed by atoms with Gasteiger partial charge < -0.3 is 20.4 Å². The number of anilines is 1. The third-order valence-electron chi connectivity index (χ3n) is 6.15. The minimum absolute atomic E-state index is 0.0246. The first kappa shape index (κ1) is 22.8. The maximum atomic E-state index is 13.9. The first-order valence-corrected chi connectivity index (χ1v) is 11.3. The SMILES string of the molecule is O=C(Nc1ccccc1)N1CCC(NC(=O)N2CCC(=Cc3cc(F)ccc3F)CC2)CC1. The molecule has 0 aromatic heterocycles. The van der Waals surface area contributed by atoms with E-state index in [-0.39, 0.29) is 23.7 Å². The van der Waals surface area contributed by atoms with E-state index in [0.29, 0.717) is 51.9 Å². The lowest BCUT2D eigenvalue weighted by Gasteiger charge is -2.35. The maximum Gasteiger partial charge on any atom is 0.321 e. The fraction of sp³-hybridized carbons (Fsp3) is 0.360. The molecule has 0 bridgehead atoms. The molecule has 174 valence electrons. The smallest absolute Gasteiger partial charge is 0.321 e. The molecule has 2 fully saturated rings. The van der Waals surface area contributed by atoms with Crippen LogP contribution in [0, 0.1) is 11.6 Å². The molecule has 2 aliphatic rings. The molecule has 0 spiro atoms. The van der Waals surface area contributed by atoms with Crippen LogP contribution in [0.25, 0.3) is 6.08 Å². The molecule has 2 heterocycles. The van der Waals surface area contributed by atoms with Gasteiger partial charge in [-0.2, -0.15) is 0 Å². The summed E-state index contributed by atoms with van der Waals surface area (Å²) < 4.78 is 27.2. The molecule has 0 saturated carbocycles. The number of urea groups is 2. The topological polar surface area (TPSA) is 64.7 Å². The fourth-order valence-corrected chi connectivity index (χ4v) is 4.20. The standard InChI is InChI=1S/C25H28F2N4O2/c26-20-6-7-23(27)19(17-20)16-18-8-12-30(13-9-18)25(33)29-22-10-14-31(15-11-22)24(32)28-21-4-2-1-3-5-21/h1-7,16-17,22H,8-15H2,(H,28,32)(H,29,33). The average molecular weight is 455 g/mol. The molecule has 6 nitrogen and oxygen atoms in total. The predicted molar refractivity (Wildman–Crippen MR) is 124 cm³/mol. The lowest BCUT2D eigenvalue weighted by Crippen LogP contribution is -2.51. The Morgan fingerprint density at radius 2 is 1.55 bits per heavy atom. The van der Waals surface area contributed by atoms with Crippen LogP contribution in [-0.4, -0.2) is 54.1 Å². The lowest BCUT2D eigenvalue weighted by molar-refractivity contribution is 0.172. The molecule has 4 rings (SSSR count). The van der Waals surface area contributed by atoms with Crippen LogP contribution in [0.1, 0.15) is 31.2 Å². The van der Waals surface area contributed by atoms with Gasteiger partial charge in [-0.15, -0.1) is 0 Å². The molecule has 0 aliphatic carbocycles. The molecule has 8 heteroatoms. The summed E-state index contributed by atoms with van der Waals surface area (Å²) in [7, 11) is 0. The van der Waals surface area contributed by atoms with Crippen molar-refractivity contribution in [1.82, 2.24) is 15.1 Å². The number of nitrogens with zero attached hydrogens (tertiary/aromatic N) is 2. The van der Waals surface area contributed by atoms with Crippen molar-refractivity contribution in [2.75, 3.05) is 31.5 Å². The Hall–Kier alpha value is -3.42. The van der Waals surface area contributed by atoms with Gasteiger partial charge in [0.05, 0.1) is 0 Å². The summed E-state index contributed by atoms with van der Waals surface area (Å²) in [5.41, 5.74) is 2.00. The van der Waals surface area contributed by atoms with Crippen molar-refractivity contribution in [1.29, 1.82) is 0 Å². The lowest BCUT2D eigenvalue weighted by atomic mass is 10.0. The normalized spacial score (nSPS) is 17.0. The van der Waals surface area contributed by atoms with Gasteiger partial charge in [0.1, 0.15) is 11.6 Å². The van der Waals surface area contributed by atoms with E-state index >= 15 is 0 Å². The van der Waals surface area contributed by atoms with Gasteiger partial charge in [-0.05, 0) is 56.0 Å². The number of carbonyl (C=O) groups excluding carboxylic acids is 2. The second-order valence-electron chi connectivity index (χ2n) is 8.46. The van der Waals surface area contributed by atoms with Crippen molar-refractivity contribution >= 4 is 23.8 Å². The molecule has 0 unspecified atom stereocenters. The summed E-state index contributed by atoms with van der Waals surface area (Å²) >= 11 is 0. The molecular formula is C25H28F2N4O2. The van der Waals surface area contributed by atoms with Gasteiger partial charge >= 0.3 is 12.1 Å². The fourth-order valence-electron chi connectivity index (χ4n) is 4.20. The quantitative estimate of drug-likeness (QED) is 0.696. The molecule has 4 amide bonds. The molecule has 2 N–H and O–H groups in total. The summed E-state index contributed by atoms with van der Waals surface area (Å²) in [6.07, 6.45) is 4.34. The van der Waals surface area contributed by atoms with E-state index in [2.05, 4.69) is 10.6 Å². The number of hydrogen-bond donors (Lipinski definition) is 2. The van der Waals surface area contributed by atoms with Crippen molar-refractivity contribution < 1.29 is 18.4 Å². The van der Waals surface area contributed by atoms with Gasteiger partial charge in [0.15, 0.2) is 0 Å². The van der Waals surface area contributed by atoms with Gasteiger partial charge in [0.25, 0.3) is 0 Å². The number of amides is 4. The predicted octanol–water partition coefficient (Wildman–Crippen LogP) is 4.85. The third-order valence-corrected chi connectivity index (χ3v) is 6.15. The van der Waals surface area contributed by atoms with Gasteiger partial charge in [-0.25, -0.2) is 18.4 Å². The Morgan fingerprint density at radius 1 is 0.879 bits per heavy atom. The van der Waals surface area contributed by atoms with Crippen molar-refractivity contribution in [3.8, 4) is 0 Å². The van der Waals surface area contributed by atoms with E-state index in [9.17, 15) is 18.4 Å². The van der Waals surface area contributed by atoms with Crippen LogP contribution < -0.4 is 10.6 Å². The second-order valence-corrected chi connectivity index (χ2v) is 8.46. The molecule has 0 radical (unpaired) electrons. The molecule has 33 heavy (non-hydrogen) atoms. The van der Waals surface area contributed by atoms with Crippen LogP contribution in [-0.2, 0) is 0 Å². The zero-order valence-electron chi connectivity index (χ0n) is 18.4. The Bertz CT molecular complexity index is 1010. The monoisotopic (exact) mass is 454 g/mol. The molecule has 2 aliphatic heterocycles. The van der Waals surface area contributed by atoms with Crippen LogP contribution in [0.2, 0.25) is 0 Å². The number of benzene rings is 2. The van der Waals surface area contributed by atoms with E-state index in [1.54, 1.807) is 15.9 Å². The molecule has 2 saturated heterocycles. The van der Waals surface area contributed by atoms with E-state index in [1.807, 2.05) is 30.3 Å². The van der Waals surface area contributed by atoms with Gasteiger partial charge in [-0.1, -0.05) is 29.8 Å². The molecule has 2 aromatic carbocycles. The highest BCUT2D eigenvalue weighted by molar-refractivity contribution is 5.89. The average Bonchev–Trinajstić information content (AvgIpc) is 2.83. The first-order chi connectivity index (χ1) is 16.0. The van der Waals surface area contributed by atoms with Crippen molar-refractivity contribution in [3.05, 3.63) is 71.3 Å². The Morgan fingerprint density at radius 3 is 2.24 bits per heavy atom. The highest BCUT2D eigenvalue weighted by Crippen LogP contribution is 2.22. The van der Waals surface area contributed by atoms with Crippen LogP contribution in [0.15, 0.2) is 54.1 Å². The number of nitrogens with one attached hydrogen (secondary N) is 2. The summed E-state index contributed by atoms with van der Waals surface area (Å²) in [6, 6.07) is 12.5. The summed E-state index contributed by atoms with van der Waals surface area (Å²) in [6.45, 7) is 2.23. The summed E-state index contributed by atoms with van der Waals surface area (Å²) in [5.74, 6) is -0.920. The minimum Gasteiger partial charge on any atom is -0.335 e. The number of likely N-dealkylation sites (tertiary alicyclic amines) is 2. The summed E-state index contributed by atoms with van der Waals surface area (Å²) in [4.78, 5) is 28.6. The number of rotatable bonds is 3. The zero-order valence-corrected chi connectivity index (χ0v) is 18.4. The third kappa shape index (κ3) is 6.09. The number of carbonyl (C=O) groups is 2. The molecule has 2 aromatic rings. The van der Waals surface area contributed by atoms with Crippen molar-refractivity contribution in [2.45, 2.75) is 31.7 Å². The highest BCUT2D eigenvalue weighted by atomic mass is 19.1. The first-order valence-electron chi connectivity index (χ1n) is 11.3. The Labute approximate surface area is 192 Å². The van der Waals surface area contributed by atoms with Crippen LogP contribution in [0.4, 0.5) is 24.1 Å². The van der Waals surface area contributed by atoms with E-state index in [1.165, 1.54) is 6.07 Å². The number of hydrogen-bond acceptors (Lipinski definition) is 2. The van der Waals surface area contributed by atoms with E-state index < -0.39 is 11.6 Å². The molecule has 0 atom stereocenters. The summed E-state index contributed by atoms with van der Waals surface area (Å²) in [5, 5.41) is 5.97. The van der Waals surface area contributed by atoms with Gasteiger partial charge in [-0.3, -0.25) is 0 Å². The zero-order chi connectivity index (χ0) is 23.2. The highest BCUT2D eigenvalue weighted by Gasteiger charge is 2.26.